The molecule has 0 spiro atoms. The molecule has 4 rings (SSSR count). The molecule has 1 amide bonds. The Bertz CT molecular complexity index is 951. The fourth-order valence-electron chi connectivity index (χ4n) is 3.43. The average molecular weight is 423 g/mol. The van der Waals surface area contributed by atoms with Gasteiger partial charge in [-0.15, -0.1) is 11.3 Å². The van der Waals surface area contributed by atoms with E-state index in [1.54, 1.807) is 12.4 Å². The molecule has 1 aromatic carbocycles. The molecular formula is C22H26N6OS. The van der Waals surface area contributed by atoms with Crippen LogP contribution in [0.2, 0.25) is 0 Å². The lowest BCUT2D eigenvalue weighted by atomic mass is 10.2. The minimum Gasteiger partial charge on any atom is -0.351 e. The first-order valence-corrected chi connectivity index (χ1v) is 11.1. The van der Waals surface area contributed by atoms with Crippen molar-refractivity contribution >= 4 is 23.2 Å². The van der Waals surface area contributed by atoms with Crippen molar-refractivity contribution in [1.29, 1.82) is 0 Å². The van der Waals surface area contributed by atoms with E-state index in [1.165, 1.54) is 16.9 Å². The summed E-state index contributed by atoms with van der Waals surface area (Å²) < 4.78 is 0. The number of amides is 1. The Labute approximate surface area is 180 Å². The van der Waals surface area contributed by atoms with Gasteiger partial charge < -0.3 is 10.2 Å². The van der Waals surface area contributed by atoms with Crippen molar-refractivity contribution in [3.05, 3.63) is 59.4 Å². The first-order chi connectivity index (χ1) is 14.7. The molecule has 0 aliphatic carbocycles. The second kappa shape index (κ2) is 9.77. The van der Waals surface area contributed by atoms with Crippen LogP contribution < -0.4 is 10.2 Å². The predicted molar refractivity (Wildman–Crippen MR) is 120 cm³/mol. The molecule has 1 aliphatic heterocycles. The van der Waals surface area contributed by atoms with Gasteiger partial charge in [0, 0.05) is 56.1 Å². The summed E-state index contributed by atoms with van der Waals surface area (Å²) in [6, 6.07) is 10.0. The number of piperazine rings is 1. The van der Waals surface area contributed by atoms with E-state index >= 15 is 0 Å². The van der Waals surface area contributed by atoms with Gasteiger partial charge in [0.1, 0.15) is 10.7 Å². The Morgan fingerprint density at radius 1 is 1.10 bits per heavy atom. The number of anilines is 1. The standard InChI is InChI=1S/C22H26N6OS/c1-17-4-6-18(7-5-17)21-26-19(16-30-21)20(29)23-10-3-11-27-12-14-28(15-13-27)22-24-8-2-9-25-22/h2,4-9,16H,3,10-15H2,1H3,(H,23,29). The van der Waals surface area contributed by atoms with Crippen LogP contribution in [-0.4, -0.2) is 65.0 Å². The zero-order chi connectivity index (χ0) is 20.8. The first-order valence-electron chi connectivity index (χ1n) is 10.2. The third-order valence-electron chi connectivity index (χ3n) is 5.18. The van der Waals surface area contributed by atoms with Gasteiger partial charge in [0.15, 0.2) is 0 Å². The van der Waals surface area contributed by atoms with Crippen LogP contribution >= 0.6 is 11.3 Å². The third kappa shape index (κ3) is 5.20. The Morgan fingerprint density at radius 3 is 2.57 bits per heavy atom. The smallest absolute Gasteiger partial charge is 0.270 e. The molecule has 0 unspecified atom stereocenters. The van der Waals surface area contributed by atoms with Gasteiger partial charge in [0.25, 0.3) is 5.91 Å². The van der Waals surface area contributed by atoms with Crippen molar-refractivity contribution in [3.63, 3.8) is 0 Å². The molecule has 1 N–H and O–H groups in total. The van der Waals surface area contributed by atoms with E-state index < -0.39 is 0 Å². The second-order valence-electron chi connectivity index (χ2n) is 7.39. The van der Waals surface area contributed by atoms with Gasteiger partial charge in [-0.05, 0) is 26.0 Å². The number of carbonyl (C=O) groups excluding carboxylic acids is 1. The summed E-state index contributed by atoms with van der Waals surface area (Å²) in [4.78, 5) is 30.2. The van der Waals surface area contributed by atoms with Crippen molar-refractivity contribution in [2.75, 3.05) is 44.2 Å². The van der Waals surface area contributed by atoms with Crippen LogP contribution in [0.1, 0.15) is 22.5 Å². The quantitative estimate of drug-likeness (QED) is 0.590. The molecule has 30 heavy (non-hydrogen) atoms. The largest absolute Gasteiger partial charge is 0.351 e. The molecule has 1 aliphatic rings. The Hall–Kier alpha value is -2.84. The van der Waals surface area contributed by atoms with Crippen molar-refractivity contribution in [1.82, 2.24) is 25.2 Å². The lowest BCUT2D eigenvalue weighted by molar-refractivity contribution is 0.0947. The fourth-order valence-corrected chi connectivity index (χ4v) is 4.23. The van der Waals surface area contributed by atoms with E-state index in [0.717, 1.165) is 55.7 Å². The van der Waals surface area contributed by atoms with Crippen molar-refractivity contribution < 1.29 is 4.79 Å². The summed E-state index contributed by atoms with van der Waals surface area (Å²) in [5.41, 5.74) is 2.75. The number of hydrogen-bond donors (Lipinski definition) is 1. The molecule has 156 valence electrons. The van der Waals surface area contributed by atoms with E-state index in [2.05, 4.69) is 49.1 Å². The van der Waals surface area contributed by atoms with Crippen molar-refractivity contribution in [3.8, 4) is 10.6 Å². The van der Waals surface area contributed by atoms with E-state index in [0.29, 0.717) is 12.2 Å². The summed E-state index contributed by atoms with van der Waals surface area (Å²) in [6.45, 7) is 7.50. The topological polar surface area (TPSA) is 74.2 Å². The zero-order valence-electron chi connectivity index (χ0n) is 17.1. The molecular weight excluding hydrogens is 396 g/mol. The summed E-state index contributed by atoms with van der Waals surface area (Å²) >= 11 is 1.50. The van der Waals surface area contributed by atoms with Crippen LogP contribution in [0.5, 0.6) is 0 Å². The molecule has 7 nitrogen and oxygen atoms in total. The van der Waals surface area contributed by atoms with Gasteiger partial charge in [0.05, 0.1) is 0 Å². The molecule has 3 aromatic rings. The van der Waals surface area contributed by atoms with Crippen molar-refractivity contribution in [2.45, 2.75) is 13.3 Å². The van der Waals surface area contributed by atoms with Gasteiger partial charge in [0.2, 0.25) is 5.95 Å². The minimum absolute atomic E-state index is 0.101. The highest BCUT2D eigenvalue weighted by Crippen LogP contribution is 2.23. The summed E-state index contributed by atoms with van der Waals surface area (Å²) in [6.07, 6.45) is 4.48. The number of thiazole rings is 1. The Kier molecular flexibility index (Phi) is 6.66. The lowest BCUT2D eigenvalue weighted by Gasteiger charge is -2.34. The summed E-state index contributed by atoms with van der Waals surface area (Å²) in [7, 11) is 0. The van der Waals surface area contributed by atoms with Crippen molar-refractivity contribution in [2.24, 2.45) is 0 Å². The van der Waals surface area contributed by atoms with Crippen LogP contribution in [0.4, 0.5) is 5.95 Å². The first kappa shape index (κ1) is 20.4. The van der Waals surface area contributed by atoms with Gasteiger partial charge in [-0.2, -0.15) is 0 Å². The Morgan fingerprint density at radius 2 is 1.83 bits per heavy atom. The number of benzene rings is 1. The van der Waals surface area contributed by atoms with Crippen LogP contribution in [-0.2, 0) is 0 Å². The highest BCUT2D eigenvalue weighted by Gasteiger charge is 2.18. The fraction of sp³-hybridized carbons (Fsp3) is 0.364. The molecule has 8 heteroatoms. The van der Waals surface area contributed by atoms with E-state index in [9.17, 15) is 4.79 Å². The third-order valence-corrected chi connectivity index (χ3v) is 6.07. The molecule has 0 saturated carbocycles. The number of carbonyl (C=O) groups is 1. The second-order valence-corrected chi connectivity index (χ2v) is 8.25. The van der Waals surface area contributed by atoms with E-state index in [1.807, 2.05) is 23.6 Å². The Balaban J connectivity index is 1.17. The van der Waals surface area contributed by atoms with Crippen LogP contribution in [0.15, 0.2) is 48.1 Å². The SMILES string of the molecule is Cc1ccc(-c2nc(C(=O)NCCCN3CCN(c4ncccn4)CC3)cs2)cc1. The number of hydrogen-bond acceptors (Lipinski definition) is 7. The number of aryl methyl sites for hydroxylation is 1. The van der Waals surface area contributed by atoms with Crippen LogP contribution in [0, 0.1) is 6.92 Å². The molecule has 0 atom stereocenters. The van der Waals surface area contributed by atoms with Crippen LogP contribution in [0.3, 0.4) is 0 Å². The van der Waals surface area contributed by atoms with E-state index in [-0.39, 0.29) is 5.91 Å². The maximum atomic E-state index is 12.4. The van der Waals surface area contributed by atoms with E-state index in [4.69, 9.17) is 0 Å². The maximum Gasteiger partial charge on any atom is 0.270 e. The molecule has 0 radical (unpaired) electrons. The summed E-state index contributed by atoms with van der Waals surface area (Å²) in [5.74, 6) is 0.702. The van der Waals surface area contributed by atoms with Crippen LogP contribution in [0.25, 0.3) is 10.6 Å². The summed E-state index contributed by atoms with van der Waals surface area (Å²) in [5, 5.41) is 5.70. The monoisotopic (exact) mass is 422 g/mol. The zero-order valence-corrected chi connectivity index (χ0v) is 17.9. The normalized spacial score (nSPS) is 14.6. The highest BCUT2D eigenvalue weighted by atomic mass is 32.1. The predicted octanol–water partition coefficient (Wildman–Crippen LogP) is 2.85. The number of aromatic nitrogens is 3. The number of nitrogens with zero attached hydrogens (tertiary/aromatic N) is 5. The number of rotatable bonds is 7. The van der Waals surface area contributed by atoms with Gasteiger partial charge >= 0.3 is 0 Å². The molecule has 0 bridgehead atoms. The molecule has 1 fully saturated rings. The van der Waals surface area contributed by atoms with Gasteiger partial charge in [-0.25, -0.2) is 15.0 Å². The molecule has 2 aromatic heterocycles. The lowest BCUT2D eigenvalue weighted by Crippen LogP contribution is -2.47. The average Bonchev–Trinajstić information content (AvgIpc) is 3.28. The van der Waals surface area contributed by atoms with Gasteiger partial charge in [-0.1, -0.05) is 29.8 Å². The molecule has 3 heterocycles. The number of nitrogens with one attached hydrogen (secondary N) is 1. The molecule has 1 saturated heterocycles. The minimum atomic E-state index is -0.101. The maximum absolute atomic E-state index is 12.4. The highest BCUT2D eigenvalue weighted by molar-refractivity contribution is 7.13. The van der Waals surface area contributed by atoms with Gasteiger partial charge in [-0.3, -0.25) is 9.69 Å².